The van der Waals surface area contributed by atoms with Gasteiger partial charge < -0.3 is 9.80 Å². The van der Waals surface area contributed by atoms with Crippen molar-refractivity contribution in [1.82, 2.24) is 4.90 Å². The molecule has 1 saturated heterocycles. The van der Waals surface area contributed by atoms with E-state index in [4.69, 9.17) is 0 Å². The Hall–Kier alpha value is -2.11. The highest BCUT2D eigenvalue weighted by molar-refractivity contribution is 5.95. The number of rotatable bonds is 5. The fourth-order valence-corrected chi connectivity index (χ4v) is 3.67. The van der Waals surface area contributed by atoms with E-state index in [2.05, 4.69) is 11.8 Å². The average molecular weight is 345 g/mol. The van der Waals surface area contributed by atoms with Crippen molar-refractivity contribution in [2.24, 2.45) is 5.92 Å². The van der Waals surface area contributed by atoms with Gasteiger partial charge in [0.05, 0.1) is 4.92 Å². The maximum atomic E-state index is 12.7. The minimum Gasteiger partial charge on any atom is -0.366 e. The Morgan fingerprint density at radius 1 is 1.24 bits per heavy atom. The molecule has 1 heterocycles. The van der Waals surface area contributed by atoms with Crippen LogP contribution < -0.4 is 4.90 Å². The van der Waals surface area contributed by atoms with Crippen LogP contribution in [0.4, 0.5) is 11.4 Å². The molecular formula is C19H27N3O3. The second-order valence-electron chi connectivity index (χ2n) is 7.36. The van der Waals surface area contributed by atoms with Gasteiger partial charge in [0.15, 0.2) is 0 Å². The number of amides is 1. The van der Waals surface area contributed by atoms with Crippen molar-refractivity contribution in [1.29, 1.82) is 0 Å². The molecular weight excluding hydrogens is 318 g/mol. The second kappa shape index (κ2) is 7.42. The van der Waals surface area contributed by atoms with Crippen LogP contribution in [-0.2, 0) is 0 Å². The average Bonchev–Trinajstić information content (AvgIpc) is 3.46. The molecule has 1 saturated carbocycles. The highest BCUT2D eigenvalue weighted by atomic mass is 16.6. The van der Waals surface area contributed by atoms with Crippen LogP contribution in [0.25, 0.3) is 0 Å². The first kappa shape index (κ1) is 17.7. The monoisotopic (exact) mass is 345 g/mol. The summed E-state index contributed by atoms with van der Waals surface area (Å²) in [4.78, 5) is 27.8. The lowest BCUT2D eigenvalue weighted by Gasteiger charge is -2.26. The van der Waals surface area contributed by atoms with E-state index in [1.165, 1.54) is 18.9 Å². The molecule has 0 aromatic heterocycles. The molecule has 0 spiro atoms. The van der Waals surface area contributed by atoms with Crippen molar-refractivity contribution < 1.29 is 9.72 Å². The van der Waals surface area contributed by atoms with Gasteiger partial charge in [0.25, 0.3) is 11.6 Å². The lowest BCUT2D eigenvalue weighted by atomic mass is 10.1. The molecule has 1 unspecified atom stereocenters. The van der Waals surface area contributed by atoms with Crippen LogP contribution in [0.5, 0.6) is 0 Å². The van der Waals surface area contributed by atoms with Gasteiger partial charge in [0.2, 0.25) is 0 Å². The largest absolute Gasteiger partial charge is 0.366 e. The molecule has 1 atom stereocenters. The zero-order valence-corrected chi connectivity index (χ0v) is 15.1. The van der Waals surface area contributed by atoms with Crippen LogP contribution in [0.3, 0.4) is 0 Å². The lowest BCUT2D eigenvalue weighted by molar-refractivity contribution is -0.384. The fraction of sp³-hybridized carbons (Fsp3) is 0.632. The predicted molar refractivity (Wildman–Crippen MR) is 98.1 cm³/mol. The highest BCUT2D eigenvalue weighted by Gasteiger charge is 2.33. The SMILES string of the molecule is CC(C1CC1)N(C)C(=O)c1ccc(N2CCCCCC2)c([N+](=O)[O-])c1. The maximum absolute atomic E-state index is 12.7. The molecule has 136 valence electrons. The Morgan fingerprint density at radius 2 is 1.88 bits per heavy atom. The summed E-state index contributed by atoms with van der Waals surface area (Å²) in [5.74, 6) is 0.435. The Bertz CT molecular complexity index is 649. The zero-order chi connectivity index (χ0) is 18.0. The van der Waals surface area contributed by atoms with Crippen molar-refractivity contribution in [2.75, 3.05) is 25.0 Å². The number of nitro benzene ring substituents is 1. The lowest BCUT2D eigenvalue weighted by Crippen LogP contribution is -2.36. The van der Waals surface area contributed by atoms with E-state index in [1.807, 2.05) is 0 Å². The number of nitro groups is 1. The third kappa shape index (κ3) is 3.94. The number of benzene rings is 1. The van der Waals surface area contributed by atoms with Gasteiger partial charge in [-0.05, 0) is 50.7 Å². The van der Waals surface area contributed by atoms with Gasteiger partial charge in [-0.25, -0.2) is 0 Å². The van der Waals surface area contributed by atoms with Gasteiger partial charge in [-0.15, -0.1) is 0 Å². The second-order valence-corrected chi connectivity index (χ2v) is 7.36. The van der Waals surface area contributed by atoms with Crippen molar-refractivity contribution in [3.05, 3.63) is 33.9 Å². The summed E-state index contributed by atoms with van der Waals surface area (Å²) in [7, 11) is 1.79. The minimum atomic E-state index is -0.360. The molecule has 3 rings (SSSR count). The van der Waals surface area contributed by atoms with E-state index in [0.29, 0.717) is 17.2 Å². The first-order chi connectivity index (χ1) is 12.0. The topological polar surface area (TPSA) is 66.7 Å². The number of hydrogen-bond donors (Lipinski definition) is 0. The minimum absolute atomic E-state index is 0.0419. The Morgan fingerprint density at radius 3 is 2.44 bits per heavy atom. The number of anilines is 1. The molecule has 0 bridgehead atoms. The van der Waals surface area contributed by atoms with E-state index in [-0.39, 0.29) is 22.6 Å². The van der Waals surface area contributed by atoms with Gasteiger partial charge in [-0.3, -0.25) is 14.9 Å². The van der Waals surface area contributed by atoms with Gasteiger partial charge >= 0.3 is 0 Å². The number of carbonyl (C=O) groups is 1. The molecule has 0 N–H and O–H groups in total. The third-order valence-electron chi connectivity index (χ3n) is 5.60. The quantitative estimate of drug-likeness (QED) is 0.600. The van der Waals surface area contributed by atoms with Crippen LogP contribution in [0.15, 0.2) is 18.2 Å². The fourth-order valence-electron chi connectivity index (χ4n) is 3.67. The summed E-state index contributed by atoms with van der Waals surface area (Å²) in [6, 6.07) is 5.13. The van der Waals surface area contributed by atoms with E-state index in [9.17, 15) is 14.9 Å². The molecule has 6 nitrogen and oxygen atoms in total. The summed E-state index contributed by atoms with van der Waals surface area (Å²) >= 11 is 0. The molecule has 1 aliphatic heterocycles. The first-order valence-electron chi connectivity index (χ1n) is 9.29. The van der Waals surface area contributed by atoms with Gasteiger partial charge in [0.1, 0.15) is 5.69 Å². The van der Waals surface area contributed by atoms with E-state index in [0.717, 1.165) is 38.8 Å². The number of carbonyl (C=O) groups excluding carboxylic acids is 1. The standard InChI is InChI=1S/C19H27N3O3/c1-14(15-7-8-15)20(2)19(23)16-9-10-17(18(13-16)22(24)25)21-11-5-3-4-6-12-21/h9-10,13-15H,3-8,11-12H2,1-2H3. The summed E-state index contributed by atoms with van der Waals surface area (Å²) in [5.41, 5.74) is 1.09. The predicted octanol–water partition coefficient (Wildman–Crippen LogP) is 3.85. The van der Waals surface area contributed by atoms with Crippen LogP contribution >= 0.6 is 0 Å². The Balaban J connectivity index is 1.85. The van der Waals surface area contributed by atoms with Crippen LogP contribution in [0.1, 0.15) is 55.8 Å². The molecule has 1 aliphatic carbocycles. The summed E-state index contributed by atoms with van der Waals surface area (Å²) < 4.78 is 0. The van der Waals surface area contributed by atoms with E-state index >= 15 is 0 Å². The van der Waals surface area contributed by atoms with Crippen molar-refractivity contribution in [2.45, 2.75) is 51.5 Å². The third-order valence-corrected chi connectivity index (χ3v) is 5.60. The van der Waals surface area contributed by atoms with Crippen molar-refractivity contribution in [3.63, 3.8) is 0 Å². The molecule has 25 heavy (non-hydrogen) atoms. The highest BCUT2D eigenvalue weighted by Crippen LogP contribution is 2.36. The first-order valence-corrected chi connectivity index (χ1v) is 9.29. The van der Waals surface area contributed by atoms with Crippen molar-refractivity contribution >= 4 is 17.3 Å². The van der Waals surface area contributed by atoms with Crippen molar-refractivity contribution in [3.8, 4) is 0 Å². The molecule has 2 fully saturated rings. The van der Waals surface area contributed by atoms with Gasteiger partial charge in [-0.1, -0.05) is 12.8 Å². The molecule has 1 amide bonds. The molecule has 1 aromatic rings. The van der Waals surface area contributed by atoms with E-state index < -0.39 is 0 Å². The Labute approximate surface area is 148 Å². The maximum Gasteiger partial charge on any atom is 0.293 e. The molecule has 2 aliphatic rings. The summed E-state index contributed by atoms with van der Waals surface area (Å²) in [6.45, 7) is 3.73. The van der Waals surface area contributed by atoms with Gasteiger partial charge in [0, 0.05) is 37.8 Å². The summed E-state index contributed by atoms with van der Waals surface area (Å²) in [5, 5.41) is 11.6. The summed E-state index contributed by atoms with van der Waals surface area (Å²) in [6.07, 6.45) is 6.77. The molecule has 6 heteroatoms. The number of hydrogen-bond acceptors (Lipinski definition) is 4. The smallest absolute Gasteiger partial charge is 0.293 e. The van der Waals surface area contributed by atoms with Crippen LogP contribution in [0.2, 0.25) is 0 Å². The zero-order valence-electron chi connectivity index (χ0n) is 15.1. The van der Waals surface area contributed by atoms with Crippen LogP contribution in [-0.4, -0.2) is 41.9 Å². The van der Waals surface area contributed by atoms with E-state index in [1.54, 1.807) is 24.1 Å². The van der Waals surface area contributed by atoms with Crippen LogP contribution in [0, 0.1) is 16.0 Å². The normalized spacial score (nSPS) is 19.2. The molecule has 1 aromatic carbocycles. The van der Waals surface area contributed by atoms with Gasteiger partial charge in [-0.2, -0.15) is 0 Å². The Kier molecular flexibility index (Phi) is 5.25. The number of nitrogens with zero attached hydrogens (tertiary/aromatic N) is 3. The molecule has 0 radical (unpaired) electrons.